The second kappa shape index (κ2) is 9.90. The monoisotopic (exact) mass is 360 g/mol. The average molecular weight is 361 g/mol. The van der Waals surface area contributed by atoms with Gasteiger partial charge < -0.3 is 19.9 Å². The number of carbonyl (C=O) groups excluding carboxylic acids is 1. The first kappa shape index (κ1) is 19.1. The first-order chi connectivity index (χ1) is 12.7. The molecule has 1 unspecified atom stereocenters. The van der Waals surface area contributed by atoms with Crippen LogP contribution in [-0.4, -0.2) is 86.3 Å². The molecule has 2 heterocycles. The minimum Gasteiger partial charge on any atom is -0.377 e. The number of amides is 2. The van der Waals surface area contributed by atoms with E-state index in [1.54, 1.807) is 0 Å². The van der Waals surface area contributed by atoms with E-state index >= 15 is 0 Å². The van der Waals surface area contributed by atoms with Crippen LogP contribution in [0.1, 0.15) is 18.4 Å². The van der Waals surface area contributed by atoms with Crippen molar-refractivity contribution in [1.29, 1.82) is 0 Å². The van der Waals surface area contributed by atoms with Crippen LogP contribution in [0, 0.1) is 0 Å². The average Bonchev–Trinajstić information content (AvgIpc) is 3.16. The van der Waals surface area contributed by atoms with E-state index in [4.69, 9.17) is 4.74 Å². The summed E-state index contributed by atoms with van der Waals surface area (Å²) in [5.74, 6) is 0. The molecule has 144 valence electrons. The van der Waals surface area contributed by atoms with E-state index in [0.29, 0.717) is 12.6 Å². The first-order valence-electron chi connectivity index (χ1n) is 9.80. The predicted molar refractivity (Wildman–Crippen MR) is 103 cm³/mol. The highest BCUT2D eigenvalue weighted by atomic mass is 16.5. The topological polar surface area (TPSA) is 48.1 Å². The van der Waals surface area contributed by atoms with Gasteiger partial charge in [-0.1, -0.05) is 30.3 Å². The summed E-state index contributed by atoms with van der Waals surface area (Å²) in [6, 6.07) is 10.5. The highest BCUT2D eigenvalue weighted by Crippen LogP contribution is 2.14. The van der Waals surface area contributed by atoms with Crippen LogP contribution in [-0.2, 0) is 11.3 Å². The van der Waals surface area contributed by atoms with Crippen LogP contribution in [0.4, 0.5) is 4.79 Å². The molecule has 0 radical (unpaired) electrons. The largest absolute Gasteiger partial charge is 0.377 e. The van der Waals surface area contributed by atoms with Gasteiger partial charge in [0.25, 0.3) is 0 Å². The summed E-state index contributed by atoms with van der Waals surface area (Å²) in [7, 11) is 2.09. The molecule has 6 heteroatoms. The van der Waals surface area contributed by atoms with Gasteiger partial charge in [0, 0.05) is 59.0 Å². The fourth-order valence-electron chi connectivity index (χ4n) is 3.65. The fraction of sp³-hybridized carbons (Fsp3) is 0.650. The number of nitrogens with zero attached hydrogens (tertiary/aromatic N) is 3. The predicted octanol–water partition coefficient (Wildman–Crippen LogP) is 1.62. The van der Waals surface area contributed by atoms with Gasteiger partial charge in [-0.2, -0.15) is 0 Å². The van der Waals surface area contributed by atoms with Gasteiger partial charge in [0.05, 0.1) is 6.10 Å². The van der Waals surface area contributed by atoms with Gasteiger partial charge in [-0.25, -0.2) is 4.79 Å². The highest BCUT2D eigenvalue weighted by Gasteiger charge is 2.24. The maximum absolute atomic E-state index is 12.3. The lowest BCUT2D eigenvalue weighted by molar-refractivity contribution is 0.0561. The second-order valence-corrected chi connectivity index (χ2v) is 7.38. The minimum absolute atomic E-state index is 0.0647. The molecular formula is C20H32N4O2. The second-order valence-electron chi connectivity index (χ2n) is 7.38. The molecule has 2 amide bonds. The van der Waals surface area contributed by atoms with Gasteiger partial charge in [-0.05, 0) is 25.5 Å². The number of carbonyl (C=O) groups is 1. The number of nitrogens with one attached hydrogen (secondary N) is 1. The van der Waals surface area contributed by atoms with Gasteiger partial charge in [0.15, 0.2) is 0 Å². The van der Waals surface area contributed by atoms with Crippen molar-refractivity contribution in [3.63, 3.8) is 0 Å². The number of benzene rings is 1. The number of piperazine rings is 1. The molecule has 2 aliphatic heterocycles. The van der Waals surface area contributed by atoms with E-state index in [2.05, 4.69) is 46.4 Å². The Bertz CT molecular complexity index is 540. The van der Waals surface area contributed by atoms with Crippen molar-refractivity contribution >= 4 is 6.03 Å². The Kier molecular flexibility index (Phi) is 7.29. The van der Waals surface area contributed by atoms with E-state index in [1.165, 1.54) is 18.4 Å². The summed E-state index contributed by atoms with van der Waals surface area (Å²) < 4.78 is 5.71. The van der Waals surface area contributed by atoms with Gasteiger partial charge in [-0.3, -0.25) is 4.90 Å². The molecular weight excluding hydrogens is 328 g/mol. The third-order valence-electron chi connectivity index (χ3n) is 5.21. The Balaban J connectivity index is 1.29. The summed E-state index contributed by atoms with van der Waals surface area (Å²) in [5, 5.41) is 3.06. The van der Waals surface area contributed by atoms with E-state index in [1.807, 2.05) is 11.0 Å². The summed E-state index contributed by atoms with van der Waals surface area (Å²) in [5.41, 5.74) is 1.30. The van der Waals surface area contributed by atoms with Gasteiger partial charge in [0.1, 0.15) is 0 Å². The van der Waals surface area contributed by atoms with E-state index in [-0.39, 0.29) is 6.03 Å². The van der Waals surface area contributed by atoms with Crippen LogP contribution in [0.2, 0.25) is 0 Å². The molecule has 1 aromatic carbocycles. The van der Waals surface area contributed by atoms with Gasteiger partial charge in [0.2, 0.25) is 0 Å². The third-order valence-corrected chi connectivity index (χ3v) is 5.21. The Morgan fingerprint density at radius 3 is 2.69 bits per heavy atom. The van der Waals surface area contributed by atoms with Crippen molar-refractivity contribution in [2.24, 2.45) is 0 Å². The molecule has 1 atom stereocenters. The lowest BCUT2D eigenvalue weighted by atomic mass is 10.2. The zero-order chi connectivity index (χ0) is 18.2. The molecule has 0 aromatic heterocycles. The molecule has 6 nitrogen and oxygen atoms in total. The van der Waals surface area contributed by atoms with Crippen LogP contribution in [0.5, 0.6) is 0 Å². The summed E-state index contributed by atoms with van der Waals surface area (Å²) in [6.07, 6.45) is 2.76. The van der Waals surface area contributed by atoms with Gasteiger partial charge in [-0.15, -0.1) is 0 Å². The van der Waals surface area contributed by atoms with Crippen LogP contribution in [0.3, 0.4) is 0 Å². The number of rotatable bonds is 7. The normalized spacial score (nSPS) is 21.3. The molecule has 2 fully saturated rings. The van der Waals surface area contributed by atoms with Crippen LogP contribution >= 0.6 is 0 Å². The van der Waals surface area contributed by atoms with Crippen molar-refractivity contribution < 1.29 is 9.53 Å². The quantitative estimate of drug-likeness (QED) is 0.803. The number of likely N-dealkylation sites (N-methyl/N-ethyl adjacent to an activating group) is 1. The zero-order valence-corrected chi connectivity index (χ0v) is 15.9. The highest BCUT2D eigenvalue weighted by molar-refractivity contribution is 5.74. The van der Waals surface area contributed by atoms with Crippen LogP contribution in [0.25, 0.3) is 0 Å². The number of urea groups is 1. The number of hydrogen-bond donors (Lipinski definition) is 1. The van der Waals surface area contributed by atoms with Crippen molar-refractivity contribution in [2.75, 3.05) is 59.5 Å². The maximum Gasteiger partial charge on any atom is 0.317 e. The maximum atomic E-state index is 12.3. The SMILES string of the molecule is CN(CCNC(=O)N1CCN(CC2CCCO2)CC1)Cc1ccccc1. The lowest BCUT2D eigenvalue weighted by Gasteiger charge is -2.35. The molecule has 2 aliphatic rings. The Morgan fingerprint density at radius 1 is 1.23 bits per heavy atom. The lowest BCUT2D eigenvalue weighted by Crippen LogP contribution is -2.53. The van der Waals surface area contributed by atoms with Crippen molar-refractivity contribution in [2.45, 2.75) is 25.5 Å². The van der Waals surface area contributed by atoms with Crippen molar-refractivity contribution in [1.82, 2.24) is 20.0 Å². The summed E-state index contributed by atoms with van der Waals surface area (Å²) >= 11 is 0. The van der Waals surface area contributed by atoms with Crippen molar-refractivity contribution in [3.8, 4) is 0 Å². The minimum atomic E-state index is 0.0647. The molecule has 0 aliphatic carbocycles. The third kappa shape index (κ3) is 5.97. The first-order valence-corrected chi connectivity index (χ1v) is 9.80. The Hall–Kier alpha value is -1.63. The standard InChI is InChI=1S/C20H32N4O2/c1-22(16-18-6-3-2-4-7-18)10-9-21-20(25)24-13-11-23(12-14-24)17-19-8-5-15-26-19/h2-4,6-7,19H,5,8-17H2,1H3,(H,21,25). The molecule has 26 heavy (non-hydrogen) atoms. The number of ether oxygens (including phenoxy) is 1. The molecule has 1 N–H and O–H groups in total. The molecule has 0 saturated carbocycles. The summed E-state index contributed by atoms with van der Waals surface area (Å²) in [6.45, 7) is 7.85. The van der Waals surface area contributed by atoms with E-state index < -0.39 is 0 Å². The summed E-state index contributed by atoms with van der Waals surface area (Å²) in [4.78, 5) is 18.9. The molecule has 1 aromatic rings. The fourth-order valence-corrected chi connectivity index (χ4v) is 3.65. The molecule has 0 bridgehead atoms. The number of hydrogen-bond acceptors (Lipinski definition) is 4. The van der Waals surface area contributed by atoms with E-state index in [0.717, 1.165) is 52.4 Å². The van der Waals surface area contributed by atoms with Gasteiger partial charge >= 0.3 is 6.03 Å². The van der Waals surface area contributed by atoms with Crippen LogP contribution in [0.15, 0.2) is 30.3 Å². The molecule has 3 rings (SSSR count). The van der Waals surface area contributed by atoms with Crippen molar-refractivity contribution in [3.05, 3.63) is 35.9 Å². The molecule has 0 spiro atoms. The van der Waals surface area contributed by atoms with Crippen LogP contribution < -0.4 is 5.32 Å². The van der Waals surface area contributed by atoms with E-state index in [9.17, 15) is 4.79 Å². The Labute approximate surface area is 157 Å². The zero-order valence-electron chi connectivity index (χ0n) is 15.9. The Morgan fingerprint density at radius 2 is 2.00 bits per heavy atom. The smallest absolute Gasteiger partial charge is 0.317 e. The molecule has 2 saturated heterocycles.